The smallest absolute Gasteiger partial charge is 0.217 e. The number of fused-ring (bicyclic) bond motifs is 2. The highest BCUT2D eigenvalue weighted by Gasteiger charge is 2.44. The molecule has 2 bridgehead atoms. The number of carbonyl (C=O) groups is 1. The Morgan fingerprint density at radius 1 is 1.46 bits per heavy atom. The molecule has 0 heterocycles. The van der Waals surface area contributed by atoms with Gasteiger partial charge in [-0.05, 0) is 37.0 Å². The van der Waals surface area contributed by atoms with Crippen molar-refractivity contribution in [3.63, 3.8) is 0 Å². The van der Waals surface area contributed by atoms with Crippen molar-refractivity contribution in [2.24, 2.45) is 17.8 Å². The SMILES string of the molecule is C=C[C@@H]1C[C@@H]2C[C@@H]1[C@H](NC(C)=O)C2. The number of rotatable bonds is 2. The molecule has 2 fully saturated rings. The van der Waals surface area contributed by atoms with Crippen molar-refractivity contribution in [1.29, 1.82) is 0 Å². The van der Waals surface area contributed by atoms with Crippen LogP contribution in [0.3, 0.4) is 0 Å². The van der Waals surface area contributed by atoms with E-state index in [9.17, 15) is 4.79 Å². The number of hydrogen-bond acceptors (Lipinski definition) is 1. The zero-order valence-corrected chi connectivity index (χ0v) is 8.12. The van der Waals surface area contributed by atoms with E-state index >= 15 is 0 Å². The lowest BCUT2D eigenvalue weighted by molar-refractivity contribution is -0.120. The molecule has 0 aromatic rings. The molecule has 0 aromatic heterocycles. The molecule has 1 amide bonds. The van der Waals surface area contributed by atoms with Crippen molar-refractivity contribution in [1.82, 2.24) is 5.32 Å². The summed E-state index contributed by atoms with van der Waals surface area (Å²) in [5, 5.41) is 3.05. The summed E-state index contributed by atoms with van der Waals surface area (Å²) in [5.74, 6) is 2.27. The zero-order chi connectivity index (χ0) is 9.42. The molecule has 72 valence electrons. The Balaban J connectivity index is 2.01. The fourth-order valence-electron chi connectivity index (χ4n) is 3.10. The van der Waals surface area contributed by atoms with Gasteiger partial charge in [0.2, 0.25) is 5.91 Å². The predicted molar refractivity (Wildman–Crippen MR) is 52.1 cm³/mol. The molecule has 0 spiro atoms. The van der Waals surface area contributed by atoms with Gasteiger partial charge >= 0.3 is 0 Å². The first kappa shape index (κ1) is 8.79. The summed E-state index contributed by atoms with van der Waals surface area (Å²) in [6, 6.07) is 0.430. The molecule has 4 atom stereocenters. The number of nitrogens with one attached hydrogen (secondary N) is 1. The second kappa shape index (κ2) is 3.17. The van der Waals surface area contributed by atoms with Crippen LogP contribution in [0.5, 0.6) is 0 Å². The van der Waals surface area contributed by atoms with E-state index in [4.69, 9.17) is 0 Å². The Labute approximate surface area is 79.4 Å². The number of allylic oxidation sites excluding steroid dienone is 1. The molecule has 0 saturated heterocycles. The first-order valence-electron chi connectivity index (χ1n) is 5.10. The molecule has 2 aliphatic carbocycles. The average Bonchev–Trinajstić information content (AvgIpc) is 2.60. The minimum atomic E-state index is 0.111. The van der Waals surface area contributed by atoms with Crippen LogP contribution in [-0.2, 0) is 4.79 Å². The van der Waals surface area contributed by atoms with E-state index in [0.29, 0.717) is 17.9 Å². The van der Waals surface area contributed by atoms with Crippen molar-refractivity contribution >= 4 is 5.91 Å². The predicted octanol–water partition coefficient (Wildman–Crippen LogP) is 1.72. The van der Waals surface area contributed by atoms with Crippen LogP contribution in [0.1, 0.15) is 26.2 Å². The van der Waals surface area contributed by atoms with Crippen LogP contribution < -0.4 is 5.32 Å². The van der Waals surface area contributed by atoms with Gasteiger partial charge in [-0.1, -0.05) is 6.08 Å². The molecule has 1 N–H and O–H groups in total. The molecule has 0 unspecified atom stereocenters. The third-order valence-electron chi connectivity index (χ3n) is 3.56. The highest BCUT2D eigenvalue weighted by atomic mass is 16.1. The molecule has 2 rings (SSSR count). The van der Waals surface area contributed by atoms with Gasteiger partial charge in [0.1, 0.15) is 0 Å². The molecule has 0 aromatic carbocycles. The van der Waals surface area contributed by atoms with Gasteiger partial charge in [0.15, 0.2) is 0 Å². The summed E-state index contributed by atoms with van der Waals surface area (Å²) < 4.78 is 0. The Kier molecular flexibility index (Phi) is 2.14. The lowest BCUT2D eigenvalue weighted by Crippen LogP contribution is -2.39. The van der Waals surface area contributed by atoms with Gasteiger partial charge in [-0.2, -0.15) is 0 Å². The Morgan fingerprint density at radius 2 is 2.23 bits per heavy atom. The summed E-state index contributed by atoms with van der Waals surface area (Å²) >= 11 is 0. The molecule has 2 nitrogen and oxygen atoms in total. The van der Waals surface area contributed by atoms with E-state index in [1.807, 2.05) is 0 Å². The maximum Gasteiger partial charge on any atom is 0.217 e. The monoisotopic (exact) mass is 179 g/mol. The van der Waals surface area contributed by atoms with Crippen LogP contribution in [0.4, 0.5) is 0 Å². The van der Waals surface area contributed by atoms with Gasteiger partial charge in [0.05, 0.1) is 0 Å². The van der Waals surface area contributed by atoms with Crippen molar-refractivity contribution in [3.05, 3.63) is 12.7 Å². The van der Waals surface area contributed by atoms with Crippen molar-refractivity contribution in [2.75, 3.05) is 0 Å². The fraction of sp³-hybridized carbons (Fsp3) is 0.727. The molecule has 2 saturated carbocycles. The van der Waals surface area contributed by atoms with E-state index in [1.165, 1.54) is 19.3 Å². The molecule has 0 aliphatic heterocycles. The van der Waals surface area contributed by atoms with E-state index in [0.717, 1.165) is 5.92 Å². The highest BCUT2D eigenvalue weighted by molar-refractivity contribution is 5.73. The Morgan fingerprint density at radius 3 is 2.77 bits per heavy atom. The summed E-state index contributed by atoms with van der Waals surface area (Å²) in [7, 11) is 0. The normalized spacial score (nSPS) is 41.9. The fourth-order valence-corrected chi connectivity index (χ4v) is 3.10. The van der Waals surface area contributed by atoms with Crippen molar-refractivity contribution < 1.29 is 4.79 Å². The first-order valence-corrected chi connectivity index (χ1v) is 5.10. The van der Waals surface area contributed by atoms with Crippen LogP contribution in [0.25, 0.3) is 0 Å². The largest absolute Gasteiger partial charge is 0.353 e. The maximum atomic E-state index is 10.9. The molecule has 0 radical (unpaired) electrons. The second-order valence-corrected chi connectivity index (χ2v) is 4.44. The van der Waals surface area contributed by atoms with Crippen LogP contribution in [-0.4, -0.2) is 11.9 Å². The van der Waals surface area contributed by atoms with Gasteiger partial charge in [-0.25, -0.2) is 0 Å². The van der Waals surface area contributed by atoms with E-state index in [1.54, 1.807) is 6.92 Å². The maximum absolute atomic E-state index is 10.9. The van der Waals surface area contributed by atoms with Crippen LogP contribution in [0.2, 0.25) is 0 Å². The summed E-state index contributed by atoms with van der Waals surface area (Å²) in [4.78, 5) is 10.9. The van der Waals surface area contributed by atoms with Crippen LogP contribution in [0, 0.1) is 17.8 Å². The van der Waals surface area contributed by atoms with Crippen LogP contribution >= 0.6 is 0 Å². The van der Waals surface area contributed by atoms with E-state index < -0.39 is 0 Å². The summed E-state index contributed by atoms with van der Waals surface area (Å²) in [5.41, 5.74) is 0. The number of amides is 1. The highest BCUT2D eigenvalue weighted by Crippen LogP contribution is 2.48. The van der Waals surface area contributed by atoms with Gasteiger partial charge < -0.3 is 5.32 Å². The van der Waals surface area contributed by atoms with Gasteiger partial charge in [-0.15, -0.1) is 6.58 Å². The number of carbonyl (C=O) groups excluding carboxylic acids is 1. The second-order valence-electron chi connectivity index (χ2n) is 4.44. The van der Waals surface area contributed by atoms with Gasteiger partial charge in [-0.3, -0.25) is 4.79 Å². The van der Waals surface area contributed by atoms with E-state index in [-0.39, 0.29) is 5.91 Å². The Bertz CT molecular complexity index is 236. The molecular formula is C11H17NO. The van der Waals surface area contributed by atoms with E-state index in [2.05, 4.69) is 18.0 Å². The molecule has 2 heteroatoms. The molecule has 13 heavy (non-hydrogen) atoms. The van der Waals surface area contributed by atoms with Crippen LogP contribution in [0.15, 0.2) is 12.7 Å². The average molecular weight is 179 g/mol. The lowest BCUT2D eigenvalue weighted by Gasteiger charge is -2.27. The third-order valence-corrected chi connectivity index (χ3v) is 3.56. The minimum absolute atomic E-state index is 0.111. The Hall–Kier alpha value is -0.790. The number of hydrogen-bond donors (Lipinski definition) is 1. The summed E-state index contributed by atoms with van der Waals surface area (Å²) in [6.45, 7) is 5.47. The van der Waals surface area contributed by atoms with Gasteiger partial charge in [0.25, 0.3) is 0 Å². The summed E-state index contributed by atoms with van der Waals surface area (Å²) in [6.07, 6.45) is 5.85. The first-order chi connectivity index (χ1) is 6.20. The molecular weight excluding hydrogens is 162 g/mol. The topological polar surface area (TPSA) is 29.1 Å². The van der Waals surface area contributed by atoms with Crippen molar-refractivity contribution in [3.8, 4) is 0 Å². The minimum Gasteiger partial charge on any atom is -0.353 e. The molecule has 2 aliphatic rings. The van der Waals surface area contributed by atoms with Crippen molar-refractivity contribution in [2.45, 2.75) is 32.2 Å². The van der Waals surface area contributed by atoms with Gasteiger partial charge in [0, 0.05) is 13.0 Å². The third kappa shape index (κ3) is 1.50. The zero-order valence-electron chi connectivity index (χ0n) is 8.12. The standard InChI is InChI=1S/C11H17NO/c1-3-9-4-8-5-10(9)11(6-8)12-7(2)13/h3,8-11H,1,4-6H2,2H3,(H,12,13)/t8-,9-,10+,11-/m1/s1. The lowest BCUT2D eigenvalue weighted by atomic mass is 9.85. The quantitative estimate of drug-likeness (QED) is 0.642.